The molecule has 3 aromatic rings. The molecule has 0 amide bonds. The molecule has 120 valence electrons. The van der Waals surface area contributed by atoms with Crippen LogP contribution in [0.4, 0.5) is 10.2 Å². The number of benzene rings is 1. The van der Waals surface area contributed by atoms with Crippen molar-refractivity contribution >= 4 is 22.7 Å². The zero-order chi connectivity index (χ0) is 16.5. The Labute approximate surface area is 138 Å². The van der Waals surface area contributed by atoms with Crippen LogP contribution in [-0.2, 0) is 6.54 Å². The van der Waals surface area contributed by atoms with Gasteiger partial charge >= 0.3 is 6.08 Å². The molecule has 1 aliphatic carbocycles. The molecule has 0 spiro atoms. The summed E-state index contributed by atoms with van der Waals surface area (Å²) in [5.74, 6) is 0.400. The quantitative estimate of drug-likeness (QED) is 0.743. The van der Waals surface area contributed by atoms with Gasteiger partial charge in [0.15, 0.2) is 17.0 Å². The van der Waals surface area contributed by atoms with Crippen LogP contribution >= 0.6 is 0 Å². The van der Waals surface area contributed by atoms with E-state index in [4.69, 9.17) is 0 Å². The fraction of sp³-hybridized carbons (Fsp3) is 0.167. The first-order valence-electron chi connectivity index (χ1n) is 7.78. The molecular formula is C18H16FN5. The standard InChI is InChI=1S/C18H16FN5/c1-12-7-8-14(9-12)24-11-21-15-16(22-18(19)23-17(15)24)20-10-13-5-3-2-4-6-13/h2-6,9,11H,1,7-8,10H2,(H,20,22,23). The molecule has 2 aromatic heterocycles. The first kappa shape index (κ1) is 14.6. The molecule has 0 fully saturated rings. The maximum Gasteiger partial charge on any atom is 0.312 e. The van der Waals surface area contributed by atoms with Crippen molar-refractivity contribution in [1.29, 1.82) is 0 Å². The Morgan fingerprint density at radius 3 is 2.75 bits per heavy atom. The van der Waals surface area contributed by atoms with Crippen molar-refractivity contribution in [2.45, 2.75) is 19.4 Å². The van der Waals surface area contributed by atoms with E-state index in [0.29, 0.717) is 23.5 Å². The number of nitrogens with one attached hydrogen (secondary N) is 1. The molecule has 6 heteroatoms. The number of aromatic nitrogens is 4. The van der Waals surface area contributed by atoms with Crippen LogP contribution in [0.3, 0.4) is 0 Å². The molecule has 1 aliphatic rings. The largest absolute Gasteiger partial charge is 0.364 e. The lowest BCUT2D eigenvalue weighted by Crippen LogP contribution is -2.05. The molecule has 1 N–H and O–H groups in total. The highest BCUT2D eigenvalue weighted by molar-refractivity contribution is 5.85. The molecule has 0 saturated heterocycles. The van der Waals surface area contributed by atoms with Crippen molar-refractivity contribution in [2.75, 3.05) is 5.32 Å². The predicted octanol–water partition coefficient (Wildman–Crippen LogP) is 3.77. The maximum atomic E-state index is 13.9. The molecule has 0 radical (unpaired) electrons. The topological polar surface area (TPSA) is 55.6 Å². The molecule has 0 atom stereocenters. The van der Waals surface area contributed by atoms with Crippen molar-refractivity contribution < 1.29 is 4.39 Å². The molecule has 0 bridgehead atoms. The van der Waals surface area contributed by atoms with E-state index in [2.05, 4.69) is 26.8 Å². The smallest absolute Gasteiger partial charge is 0.312 e. The van der Waals surface area contributed by atoms with E-state index in [1.807, 2.05) is 41.0 Å². The average molecular weight is 321 g/mol. The van der Waals surface area contributed by atoms with Crippen LogP contribution in [0.15, 0.2) is 54.9 Å². The summed E-state index contributed by atoms with van der Waals surface area (Å²) in [7, 11) is 0. The van der Waals surface area contributed by atoms with Crippen LogP contribution in [0.5, 0.6) is 0 Å². The van der Waals surface area contributed by atoms with Gasteiger partial charge < -0.3 is 5.32 Å². The van der Waals surface area contributed by atoms with Gasteiger partial charge in [0.25, 0.3) is 0 Å². The maximum absolute atomic E-state index is 13.9. The van der Waals surface area contributed by atoms with Crippen molar-refractivity contribution in [2.24, 2.45) is 0 Å². The second-order valence-corrected chi connectivity index (χ2v) is 5.76. The van der Waals surface area contributed by atoms with E-state index in [-0.39, 0.29) is 0 Å². The third kappa shape index (κ3) is 2.67. The Bertz CT molecular complexity index is 943. The van der Waals surface area contributed by atoms with Crippen LogP contribution in [-0.4, -0.2) is 19.5 Å². The van der Waals surface area contributed by atoms with Crippen molar-refractivity contribution in [3.63, 3.8) is 0 Å². The van der Waals surface area contributed by atoms with Gasteiger partial charge in [-0.25, -0.2) is 4.98 Å². The Morgan fingerprint density at radius 2 is 2.00 bits per heavy atom. The lowest BCUT2D eigenvalue weighted by Gasteiger charge is -2.07. The molecule has 2 heterocycles. The van der Waals surface area contributed by atoms with Crippen molar-refractivity contribution in [3.8, 4) is 0 Å². The molecule has 5 nitrogen and oxygen atoms in total. The van der Waals surface area contributed by atoms with Crippen molar-refractivity contribution in [3.05, 3.63) is 66.5 Å². The summed E-state index contributed by atoms with van der Waals surface area (Å²) in [6.07, 6.45) is 4.65. The molecule has 0 saturated carbocycles. The molecule has 4 rings (SSSR count). The van der Waals surface area contributed by atoms with E-state index < -0.39 is 6.08 Å². The van der Waals surface area contributed by atoms with E-state index >= 15 is 0 Å². The first-order valence-corrected chi connectivity index (χ1v) is 7.78. The minimum atomic E-state index is -0.766. The summed E-state index contributed by atoms with van der Waals surface area (Å²) >= 11 is 0. The molecular weight excluding hydrogens is 305 g/mol. The van der Waals surface area contributed by atoms with Gasteiger partial charge in [-0.1, -0.05) is 42.5 Å². The number of anilines is 1. The average Bonchev–Trinajstić information content (AvgIpc) is 3.19. The Kier molecular flexibility index (Phi) is 3.57. The number of imidazole rings is 1. The van der Waals surface area contributed by atoms with Crippen LogP contribution < -0.4 is 5.32 Å². The summed E-state index contributed by atoms with van der Waals surface area (Å²) in [5.41, 5.74) is 4.20. The van der Waals surface area contributed by atoms with Gasteiger partial charge in [-0.15, -0.1) is 0 Å². The highest BCUT2D eigenvalue weighted by Gasteiger charge is 2.17. The number of allylic oxidation sites excluding steroid dienone is 3. The molecule has 24 heavy (non-hydrogen) atoms. The van der Waals surface area contributed by atoms with E-state index in [1.54, 1.807) is 6.33 Å². The third-order valence-electron chi connectivity index (χ3n) is 4.05. The van der Waals surface area contributed by atoms with Gasteiger partial charge in [0, 0.05) is 12.2 Å². The lowest BCUT2D eigenvalue weighted by atomic mass is 10.2. The summed E-state index contributed by atoms with van der Waals surface area (Å²) in [6.45, 7) is 4.50. The van der Waals surface area contributed by atoms with E-state index in [9.17, 15) is 4.39 Å². The molecule has 0 unspecified atom stereocenters. The monoisotopic (exact) mass is 321 g/mol. The minimum Gasteiger partial charge on any atom is -0.364 e. The fourth-order valence-corrected chi connectivity index (χ4v) is 2.85. The highest BCUT2D eigenvalue weighted by Crippen LogP contribution is 2.29. The van der Waals surface area contributed by atoms with Gasteiger partial charge in [-0.05, 0) is 24.5 Å². The second-order valence-electron chi connectivity index (χ2n) is 5.76. The van der Waals surface area contributed by atoms with Crippen LogP contribution in [0.2, 0.25) is 0 Å². The third-order valence-corrected chi connectivity index (χ3v) is 4.05. The summed E-state index contributed by atoms with van der Waals surface area (Å²) in [6, 6.07) is 9.87. The highest BCUT2D eigenvalue weighted by atomic mass is 19.1. The SMILES string of the molecule is C=C1C=C(n2cnc3c(NCc4ccccc4)nc(F)nc32)CC1. The van der Waals surface area contributed by atoms with Gasteiger partial charge in [-0.2, -0.15) is 14.4 Å². The number of fused-ring (bicyclic) bond motifs is 1. The van der Waals surface area contributed by atoms with Gasteiger partial charge in [0.05, 0.1) is 0 Å². The van der Waals surface area contributed by atoms with E-state index in [1.165, 1.54) is 0 Å². The second kappa shape index (κ2) is 5.88. The van der Waals surface area contributed by atoms with Crippen molar-refractivity contribution in [1.82, 2.24) is 19.5 Å². The van der Waals surface area contributed by atoms with Crippen LogP contribution in [0.1, 0.15) is 18.4 Å². The molecule has 1 aromatic carbocycles. The Morgan fingerprint density at radius 1 is 1.17 bits per heavy atom. The normalized spacial score (nSPS) is 14.2. The van der Waals surface area contributed by atoms with Gasteiger partial charge in [0.1, 0.15) is 6.33 Å². The van der Waals surface area contributed by atoms with Gasteiger partial charge in [-0.3, -0.25) is 4.57 Å². The Hall–Kier alpha value is -3.02. The minimum absolute atomic E-state index is 0.400. The predicted molar refractivity (Wildman–Crippen MR) is 91.7 cm³/mol. The lowest BCUT2D eigenvalue weighted by molar-refractivity contribution is 0.544. The zero-order valence-corrected chi connectivity index (χ0v) is 13.0. The number of rotatable bonds is 4. The fourth-order valence-electron chi connectivity index (χ4n) is 2.85. The number of hydrogen-bond donors (Lipinski definition) is 1. The zero-order valence-electron chi connectivity index (χ0n) is 13.0. The van der Waals surface area contributed by atoms with E-state index in [0.717, 1.165) is 29.7 Å². The van der Waals surface area contributed by atoms with Crippen LogP contribution in [0.25, 0.3) is 16.9 Å². The summed E-state index contributed by atoms with van der Waals surface area (Å²) < 4.78 is 15.7. The number of nitrogens with zero attached hydrogens (tertiary/aromatic N) is 4. The first-order chi connectivity index (χ1) is 11.7. The van der Waals surface area contributed by atoms with Gasteiger partial charge in [0.2, 0.25) is 0 Å². The molecule has 0 aliphatic heterocycles. The number of halogens is 1. The number of hydrogen-bond acceptors (Lipinski definition) is 4. The summed E-state index contributed by atoms with van der Waals surface area (Å²) in [5, 5.41) is 3.15. The van der Waals surface area contributed by atoms with Crippen LogP contribution in [0, 0.1) is 6.08 Å². The summed E-state index contributed by atoms with van der Waals surface area (Å²) in [4.78, 5) is 12.2. The Balaban J connectivity index is 1.70.